The van der Waals surface area contributed by atoms with Crippen LogP contribution >= 0.6 is 11.6 Å². The summed E-state index contributed by atoms with van der Waals surface area (Å²) >= 11 is 6.13. The first kappa shape index (κ1) is 7.88. The molecule has 1 aromatic carbocycles. The molecule has 0 saturated heterocycles. The highest BCUT2D eigenvalue weighted by molar-refractivity contribution is 6.33. The number of hydrogen-bond acceptors (Lipinski definition) is 0. The number of halogens is 1. The summed E-state index contributed by atoms with van der Waals surface area (Å²) in [6, 6.07) is 8.35. The van der Waals surface area contributed by atoms with Crippen LogP contribution in [-0.2, 0) is 5.41 Å². The molecule has 0 radical (unpaired) electrons. The zero-order valence-electron chi connectivity index (χ0n) is 7.26. The molecule has 0 fully saturated rings. The first-order chi connectivity index (χ1) is 5.62. The van der Waals surface area contributed by atoms with E-state index in [1.54, 1.807) is 0 Å². The summed E-state index contributed by atoms with van der Waals surface area (Å²) in [5.41, 5.74) is 2.60. The fourth-order valence-corrected chi connectivity index (χ4v) is 1.86. The minimum atomic E-state index is 0.0121. The van der Waals surface area contributed by atoms with Crippen molar-refractivity contribution in [3.63, 3.8) is 0 Å². The lowest BCUT2D eigenvalue weighted by Gasteiger charge is -2.20. The van der Waals surface area contributed by atoms with Gasteiger partial charge < -0.3 is 0 Å². The lowest BCUT2D eigenvalue weighted by Crippen LogP contribution is -2.13. The average Bonchev–Trinajstić information content (AvgIpc) is 2.25. The Labute approximate surface area is 77.9 Å². The first-order valence-electron chi connectivity index (χ1n) is 4.09. The van der Waals surface area contributed by atoms with Crippen LogP contribution in [0.4, 0.5) is 0 Å². The molecule has 0 spiro atoms. The fraction of sp³-hybridized carbons (Fsp3) is 0.273. The zero-order chi connectivity index (χ0) is 8.77. The molecule has 0 nitrogen and oxygen atoms in total. The summed E-state index contributed by atoms with van der Waals surface area (Å²) < 4.78 is 0. The molecule has 0 heterocycles. The predicted octanol–water partition coefficient (Wildman–Crippen LogP) is 3.56. The minimum absolute atomic E-state index is 0.0121. The molecule has 62 valence electrons. The van der Waals surface area contributed by atoms with Crippen molar-refractivity contribution in [1.29, 1.82) is 0 Å². The average molecular weight is 179 g/mol. The van der Waals surface area contributed by atoms with Gasteiger partial charge in [0.25, 0.3) is 0 Å². The fourth-order valence-electron chi connectivity index (χ4n) is 1.64. The van der Waals surface area contributed by atoms with E-state index in [2.05, 4.69) is 38.1 Å². The molecule has 0 saturated carbocycles. The highest BCUT2D eigenvalue weighted by Gasteiger charge is 2.31. The number of rotatable bonds is 0. The molecule has 0 atom stereocenters. The molecule has 1 aliphatic rings. The number of hydrogen-bond donors (Lipinski definition) is 0. The molecule has 1 heteroatoms. The highest BCUT2D eigenvalue weighted by Crippen LogP contribution is 2.42. The summed E-state index contributed by atoms with van der Waals surface area (Å²) in [6.45, 7) is 4.30. The number of fused-ring (bicyclic) bond motifs is 1. The molecule has 0 aromatic heterocycles. The van der Waals surface area contributed by atoms with Gasteiger partial charge in [0.2, 0.25) is 0 Å². The monoisotopic (exact) mass is 178 g/mol. The molecule has 1 aliphatic carbocycles. The van der Waals surface area contributed by atoms with Crippen molar-refractivity contribution in [2.24, 2.45) is 0 Å². The summed E-state index contributed by atoms with van der Waals surface area (Å²) in [6.07, 6.45) is 2.05. The summed E-state index contributed by atoms with van der Waals surface area (Å²) in [7, 11) is 0. The van der Waals surface area contributed by atoms with Gasteiger partial charge in [-0.1, -0.05) is 49.7 Å². The summed E-state index contributed by atoms with van der Waals surface area (Å²) in [5.74, 6) is 0. The van der Waals surface area contributed by atoms with Gasteiger partial charge in [0, 0.05) is 10.4 Å². The maximum Gasteiger partial charge on any atom is 0.0287 e. The van der Waals surface area contributed by atoms with Gasteiger partial charge in [-0.2, -0.15) is 0 Å². The van der Waals surface area contributed by atoms with Crippen LogP contribution in [0.25, 0.3) is 6.08 Å². The quantitative estimate of drug-likeness (QED) is 0.570. The van der Waals surface area contributed by atoms with Crippen LogP contribution in [0.2, 0.25) is 0 Å². The van der Waals surface area contributed by atoms with E-state index in [1.807, 2.05) is 6.07 Å². The largest absolute Gasteiger partial charge is 0.0882 e. The second-order valence-electron chi connectivity index (χ2n) is 3.70. The molecule has 0 aliphatic heterocycles. The van der Waals surface area contributed by atoms with Crippen LogP contribution in [0.15, 0.2) is 29.3 Å². The highest BCUT2D eigenvalue weighted by atomic mass is 35.5. The Morgan fingerprint density at radius 1 is 1.17 bits per heavy atom. The van der Waals surface area contributed by atoms with Crippen molar-refractivity contribution < 1.29 is 0 Å². The molecule has 1 aromatic rings. The molecule has 12 heavy (non-hydrogen) atoms. The van der Waals surface area contributed by atoms with Crippen molar-refractivity contribution in [1.82, 2.24) is 0 Å². The Hall–Kier alpha value is -0.750. The van der Waals surface area contributed by atoms with Crippen LogP contribution < -0.4 is 0 Å². The normalized spacial score (nSPS) is 18.8. The Kier molecular flexibility index (Phi) is 1.55. The number of benzene rings is 1. The van der Waals surface area contributed by atoms with Crippen molar-refractivity contribution in [2.45, 2.75) is 19.3 Å². The topological polar surface area (TPSA) is 0 Å². The van der Waals surface area contributed by atoms with E-state index < -0.39 is 0 Å². The maximum absolute atomic E-state index is 6.13. The molecule has 0 N–H and O–H groups in total. The standard InChI is InChI=1S/C11H11Cl/c1-11(2)9-6-4-3-5-8(9)7-10(11)12/h3-7H,1-2H3. The Morgan fingerprint density at radius 2 is 1.83 bits per heavy atom. The van der Waals surface area contributed by atoms with Gasteiger partial charge in [-0.25, -0.2) is 0 Å². The SMILES string of the molecule is CC1(C)C(Cl)=Cc2ccccc21. The van der Waals surface area contributed by atoms with E-state index in [9.17, 15) is 0 Å². The van der Waals surface area contributed by atoms with E-state index in [0.29, 0.717) is 0 Å². The van der Waals surface area contributed by atoms with Gasteiger partial charge in [-0.15, -0.1) is 0 Å². The third-order valence-corrected chi connectivity index (χ3v) is 3.09. The molecule has 2 rings (SSSR count). The molecule has 0 unspecified atom stereocenters. The van der Waals surface area contributed by atoms with E-state index in [0.717, 1.165) is 5.03 Å². The van der Waals surface area contributed by atoms with Crippen LogP contribution in [0.1, 0.15) is 25.0 Å². The Bertz CT molecular complexity index is 348. The molecule has 0 bridgehead atoms. The van der Waals surface area contributed by atoms with Gasteiger partial charge in [-0.05, 0) is 17.2 Å². The van der Waals surface area contributed by atoms with E-state index in [1.165, 1.54) is 11.1 Å². The first-order valence-corrected chi connectivity index (χ1v) is 4.47. The third-order valence-electron chi connectivity index (χ3n) is 2.51. The van der Waals surface area contributed by atoms with Gasteiger partial charge >= 0.3 is 0 Å². The van der Waals surface area contributed by atoms with Crippen LogP contribution in [-0.4, -0.2) is 0 Å². The Balaban J connectivity index is 2.66. The van der Waals surface area contributed by atoms with Crippen LogP contribution in [0.5, 0.6) is 0 Å². The van der Waals surface area contributed by atoms with Crippen LogP contribution in [0, 0.1) is 0 Å². The smallest absolute Gasteiger partial charge is 0.0287 e. The van der Waals surface area contributed by atoms with E-state index in [4.69, 9.17) is 11.6 Å². The Morgan fingerprint density at radius 3 is 2.50 bits per heavy atom. The number of allylic oxidation sites excluding steroid dienone is 1. The van der Waals surface area contributed by atoms with E-state index in [-0.39, 0.29) is 5.41 Å². The molecular weight excluding hydrogens is 168 g/mol. The van der Waals surface area contributed by atoms with Gasteiger partial charge in [0.05, 0.1) is 0 Å². The van der Waals surface area contributed by atoms with Crippen LogP contribution in [0.3, 0.4) is 0 Å². The van der Waals surface area contributed by atoms with Crippen molar-refractivity contribution in [2.75, 3.05) is 0 Å². The minimum Gasteiger partial charge on any atom is -0.0882 e. The van der Waals surface area contributed by atoms with Gasteiger partial charge in [0.1, 0.15) is 0 Å². The van der Waals surface area contributed by atoms with E-state index >= 15 is 0 Å². The summed E-state index contributed by atoms with van der Waals surface area (Å²) in [4.78, 5) is 0. The second kappa shape index (κ2) is 2.37. The van der Waals surface area contributed by atoms with Crippen molar-refractivity contribution in [3.8, 4) is 0 Å². The van der Waals surface area contributed by atoms with Gasteiger partial charge in [-0.3, -0.25) is 0 Å². The molecular formula is C11H11Cl. The zero-order valence-corrected chi connectivity index (χ0v) is 8.02. The lowest BCUT2D eigenvalue weighted by atomic mass is 9.87. The van der Waals surface area contributed by atoms with Gasteiger partial charge in [0.15, 0.2) is 0 Å². The third kappa shape index (κ3) is 0.914. The lowest BCUT2D eigenvalue weighted by molar-refractivity contribution is 0.670. The van der Waals surface area contributed by atoms with Crippen molar-refractivity contribution >= 4 is 17.7 Å². The summed E-state index contributed by atoms with van der Waals surface area (Å²) in [5, 5.41) is 0.934. The maximum atomic E-state index is 6.13. The predicted molar refractivity (Wildman–Crippen MR) is 53.3 cm³/mol. The second-order valence-corrected chi connectivity index (χ2v) is 4.11. The van der Waals surface area contributed by atoms with Crippen molar-refractivity contribution in [3.05, 3.63) is 40.4 Å². The molecule has 0 amide bonds.